The Morgan fingerprint density at radius 2 is 2.22 bits per heavy atom. The van der Waals surface area contributed by atoms with Crippen molar-refractivity contribution in [3.63, 3.8) is 0 Å². The first kappa shape index (κ1) is 16.8. The summed E-state index contributed by atoms with van der Waals surface area (Å²) in [6.07, 6.45) is 1.78. The molecule has 6 heteroatoms. The molecule has 0 bridgehead atoms. The van der Waals surface area contributed by atoms with Crippen LogP contribution in [0.15, 0.2) is 12.7 Å². The second-order valence-electron chi connectivity index (χ2n) is 3.83. The van der Waals surface area contributed by atoms with Gasteiger partial charge in [-0.2, -0.15) is 11.8 Å². The molecular weight excluding hydrogens is 252 g/mol. The number of thioether (sulfide) groups is 1. The fourth-order valence-corrected chi connectivity index (χ4v) is 2.10. The molecule has 2 N–H and O–H groups in total. The molecule has 0 heterocycles. The lowest BCUT2D eigenvalue weighted by Crippen LogP contribution is -2.46. The summed E-state index contributed by atoms with van der Waals surface area (Å²) in [6.45, 7) is 8.27. The number of nitrogens with one attached hydrogen (secondary N) is 1. The summed E-state index contributed by atoms with van der Waals surface area (Å²) in [6, 6.07) is -0.501. The molecule has 2 amide bonds. The Labute approximate surface area is 113 Å². The average Bonchev–Trinajstić information content (AvgIpc) is 2.28. The molecule has 0 aromatic heterocycles. The number of nitrogens with zero attached hydrogens (tertiary/aromatic N) is 1. The van der Waals surface area contributed by atoms with Gasteiger partial charge in [0.25, 0.3) is 0 Å². The van der Waals surface area contributed by atoms with Crippen molar-refractivity contribution in [1.29, 1.82) is 0 Å². The number of hydrogen-bond acceptors (Lipinski definition) is 3. The summed E-state index contributed by atoms with van der Waals surface area (Å²) < 4.78 is 0. The molecule has 5 nitrogen and oxygen atoms in total. The molecule has 104 valence electrons. The van der Waals surface area contributed by atoms with Crippen LogP contribution in [0.1, 0.15) is 20.3 Å². The molecule has 0 saturated carbocycles. The van der Waals surface area contributed by atoms with Crippen LogP contribution in [0.5, 0.6) is 0 Å². The lowest BCUT2D eigenvalue weighted by molar-refractivity contribution is -0.138. The van der Waals surface area contributed by atoms with Gasteiger partial charge >= 0.3 is 12.0 Å². The van der Waals surface area contributed by atoms with Gasteiger partial charge in [0.15, 0.2) is 0 Å². The molecular formula is C12H22N2O3S. The predicted molar refractivity (Wildman–Crippen MR) is 75.0 cm³/mol. The molecule has 18 heavy (non-hydrogen) atoms. The molecule has 0 aromatic carbocycles. The van der Waals surface area contributed by atoms with Crippen molar-refractivity contribution in [1.82, 2.24) is 10.2 Å². The predicted octanol–water partition coefficient (Wildman–Crippen LogP) is 1.80. The molecule has 0 rings (SSSR count). The van der Waals surface area contributed by atoms with Crippen molar-refractivity contribution >= 4 is 23.8 Å². The molecule has 1 atom stereocenters. The monoisotopic (exact) mass is 274 g/mol. The zero-order valence-corrected chi connectivity index (χ0v) is 11.8. The maximum Gasteiger partial charge on any atom is 0.317 e. The van der Waals surface area contributed by atoms with Gasteiger partial charge in [-0.1, -0.05) is 6.08 Å². The summed E-state index contributed by atoms with van der Waals surface area (Å²) >= 11 is 1.69. The standard InChI is InChI=1S/C12H22N2O3S/c1-4-7-18-8-6-13-12(17)14(5-2)10(3)9-11(15)16/h4,10H,1,5-9H2,2-3H3,(H,13,17)(H,15,16). The van der Waals surface area contributed by atoms with Crippen molar-refractivity contribution in [2.24, 2.45) is 0 Å². The van der Waals surface area contributed by atoms with E-state index in [-0.39, 0.29) is 18.5 Å². The molecule has 0 aliphatic carbocycles. The van der Waals surface area contributed by atoms with Gasteiger partial charge in [0.2, 0.25) is 0 Å². The second kappa shape index (κ2) is 9.82. The van der Waals surface area contributed by atoms with Gasteiger partial charge < -0.3 is 15.3 Å². The van der Waals surface area contributed by atoms with E-state index < -0.39 is 5.97 Å². The van der Waals surface area contributed by atoms with Gasteiger partial charge in [-0.15, -0.1) is 6.58 Å². The Hall–Kier alpha value is -1.17. The minimum absolute atomic E-state index is 0.0352. The van der Waals surface area contributed by atoms with E-state index in [1.54, 1.807) is 18.7 Å². The maximum absolute atomic E-state index is 11.8. The molecule has 0 saturated heterocycles. The second-order valence-corrected chi connectivity index (χ2v) is 4.98. The highest BCUT2D eigenvalue weighted by Crippen LogP contribution is 2.04. The van der Waals surface area contributed by atoms with Gasteiger partial charge in [0.05, 0.1) is 6.42 Å². The van der Waals surface area contributed by atoms with E-state index in [1.165, 1.54) is 4.90 Å². The van der Waals surface area contributed by atoms with Crippen LogP contribution in [0.2, 0.25) is 0 Å². The lowest BCUT2D eigenvalue weighted by Gasteiger charge is -2.27. The minimum Gasteiger partial charge on any atom is -0.481 e. The van der Waals surface area contributed by atoms with Crippen molar-refractivity contribution in [3.05, 3.63) is 12.7 Å². The van der Waals surface area contributed by atoms with E-state index in [4.69, 9.17) is 5.11 Å². The largest absolute Gasteiger partial charge is 0.481 e. The number of urea groups is 1. The van der Waals surface area contributed by atoms with E-state index in [9.17, 15) is 9.59 Å². The molecule has 0 aromatic rings. The van der Waals surface area contributed by atoms with E-state index in [0.29, 0.717) is 13.1 Å². The van der Waals surface area contributed by atoms with Crippen molar-refractivity contribution in [2.75, 3.05) is 24.6 Å². The van der Waals surface area contributed by atoms with Crippen molar-refractivity contribution in [2.45, 2.75) is 26.3 Å². The first-order chi connectivity index (χ1) is 8.52. The SMILES string of the molecule is C=CCSCCNC(=O)N(CC)C(C)CC(=O)O. The molecule has 0 spiro atoms. The van der Waals surface area contributed by atoms with Crippen LogP contribution in [-0.4, -0.2) is 52.6 Å². The van der Waals surface area contributed by atoms with Crippen LogP contribution < -0.4 is 5.32 Å². The number of rotatable bonds is 9. The number of carbonyl (C=O) groups excluding carboxylic acids is 1. The summed E-state index contributed by atoms with van der Waals surface area (Å²) in [5.41, 5.74) is 0. The van der Waals surface area contributed by atoms with Crippen LogP contribution in [0.4, 0.5) is 4.79 Å². The number of aliphatic carboxylic acids is 1. The molecule has 0 fully saturated rings. The third-order valence-electron chi connectivity index (χ3n) is 2.36. The van der Waals surface area contributed by atoms with Crippen LogP contribution in [0, 0.1) is 0 Å². The highest BCUT2D eigenvalue weighted by atomic mass is 32.2. The highest BCUT2D eigenvalue weighted by molar-refractivity contribution is 7.99. The Bertz CT molecular complexity index is 284. The Balaban J connectivity index is 4.02. The lowest BCUT2D eigenvalue weighted by atomic mass is 10.2. The van der Waals surface area contributed by atoms with E-state index in [1.807, 2.05) is 13.0 Å². The van der Waals surface area contributed by atoms with Gasteiger partial charge in [-0.25, -0.2) is 4.79 Å². The number of carbonyl (C=O) groups is 2. The number of carboxylic acid groups (broad SMARTS) is 1. The smallest absolute Gasteiger partial charge is 0.317 e. The topological polar surface area (TPSA) is 69.6 Å². The molecule has 0 aliphatic heterocycles. The quantitative estimate of drug-likeness (QED) is 0.497. The summed E-state index contributed by atoms with van der Waals surface area (Å²) in [5, 5.41) is 11.5. The third kappa shape index (κ3) is 7.21. The van der Waals surface area contributed by atoms with Gasteiger partial charge in [0, 0.05) is 30.6 Å². The first-order valence-electron chi connectivity index (χ1n) is 5.97. The van der Waals surface area contributed by atoms with Gasteiger partial charge in [-0.3, -0.25) is 4.79 Å². The van der Waals surface area contributed by atoms with E-state index in [0.717, 1.165) is 11.5 Å². The number of carboxylic acids is 1. The fraction of sp³-hybridized carbons (Fsp3) is 0.667. The summed E-state index contributed by atoms with van der Waals surface area (Å²) in [5.74, 6) is 0.793. The zero-order valence-electron chi connectivity index (χ0n) is 11.0. The minimum atomic E-state index is -0.893. The Morgan fingerprint density at radius 1 is 1.56 bits per heavy atom. The van der Waals surface area contributed by atoms with E-state index in [2.05, 4.69) is 11.9 Å². The molecule has 1 unspecified atom stereocenters. The zero-order chi connectivity index (χ0) is 14.0. The molecule has 0 aliphatic rings. The van der Waals surface area contributed by atoms with Crippen molar-refractivity contribution < 1.29 is 14.7 Å². The summed E-state index contributed by atoms with van der Waals surface area (Å²) in [7, 11) is 0. The van der Waals surface area contributed by atoms with Crippen LogP contribution in [0.3, 0.4) is 0 Å². The van der Waals surface area contributed by atoms with Gasteiger partial charge in [0.1, 0.15) is 0 Å². The Morgan fingerprint density at radius 3 is 2.72 bits per heavy atom. The third-order valence-corrected chi connectivity index (χ3v) is 3.33. The normalized spacial score (nSPS) is 11.7. The number of amides is 2. The van der Waals surface area contributed by atoms with Crippen LogP contribution in [-0.2, 0) is 4.79 Å². The van der Waals surface area contributed by atoms with Crippen LogP contribution in [0.25, 0.3) is 0 Å². The fourth-order valence-electron chi connectivity index (χ4n) is 1.52. The van der Waals surface area contributed by atoms with E-state index >= 15 is 0 Å². The Kier molecular flexibility index (Phi) is 9.18. The highest BCUT2D eigenvalue weighted by Gasteiger charge is 2.20. The van der Waals surface area contributed by atoms with Gasteiger partial charge in [-0.05, 0) is 13.8 Å². The van der Waals surface area contributed by atoms with Crippen LogP contribution >= 0.6 is 11.8 Å². The molecule has 0 radical (unpaired) electrons. The maximum atomic E-state index is 11.8. The first-order valence-corrected chi connectivity index (χ1v) is 7.13. The number of hydrogen-bond donors (Lipinski definition) is 2. The average molecular weight is 274 g/mol. The summed E-state index contributed by atoms with van der Waals surface area (Å²) in [4.78, 5) is 24.0. The van der Waals surface area contributed by atoms with Crippen molar-refractivity contribution in [3.8, 4) is 0 Å².